The van der Waals surface area contributed by atoms with E-state index in [1.165, 1.54) is 13.2 Å². The molecule has 1 aromatic heterocycles. The summed E-state index contributed by atoms with van der Waals surface area (Å²) in [5.41, 5.74) is 1.53. The molecule has 4 aromatic rings. The minimum absolute atomic E-state index is 0.0124. The van der Waals surface area contributed by atoms with E-state index in [0.717, 1.165) is 11.1 Å². The lowest BCUT2D eigenvalue weighted by Crippen LogP contribution is -2.04. The van der Waals surface area contributed by atoms with E-state index in [9.17, 15) is 4.79 Å². The molecule has 0 atom stereocenters. The molecular weight excluding hydrogens is 404 g/mol. The van der Waals surface area contributed by atoms with Crippen molar-refractivity contribution in [1.82, 2.24) is 4.98 Å². The van der Waals surface area contributed by atoms with Crippen LogP contribution in [0.25, 0.3) is 10.9 Å². The van der Waals surface area contributed by atoms with Crippen LogP contribution in [0, 0.1) is 11.6 Å². The molecule has 0 amide bonds. The highest BCUT2D eigenvalue weighted by Gasteiger charge is 2.26. The van der Waals surface area contributed by atoms with Gasteiger partial charge in [0, 0.05) is 5.39 Å². The monoisotopic (exact) mass is 423 g/mol. The molecule has 0 aliphatic heterocycles. The van der Waals surface area contributed by atoms with E-state index in [4.69, 9.17) is 9.47 Å². The second-order valence-electron chi connectivity index (χ2n) is 6.80. The Morgan fingerprint density at radius 2 is 1.39 bits per heavy atom. The Balaban J connectivity index is 1.76. The van der Waals surface area contributed by atoms with Gasteiger partial charge in [0.2, 0.25) is 5.82 Å². The van der Waals surface area contributed by atoms with Gasteiger partial charge in [0.05, 0.1) is 12.6 Å². The lowest BCUT2D eigenvalue weighted by atomic mass is 10.2. The summed E-state index contributed by atoms with van der Waals surface area (Å²) in [4.78, 5) is 14.6. The fraction of sp³-hybridized carbons (Fsp3) is 0.125. The van der Waals surface area contributed by atoms with Gasteiger partial charge in [-0.1, -0.05) is 60.7 Å². The molecule has 1 heterocycles. The van der Waals surface area contributed by atoms with Crippen LogP contribution in [0.3, 0.4) is 0 Å². The molecule has 5 nitrogen and oxygen atoms in total. The molecule has 0 aliphatic carbocycles. The number of esters is 1. The van der Waals surface area contributed by atoms with Crippen molar-refractivity contribution in [3.05, 3.63) is 95.2 Å². The number of methoxy groups -OCH3 is 1. The number of fused-ring (bicyclic) bond motifs is 1. The fourth-order valence-corrected chi connectivity index (χ4v) is 3.18. The summed E-state index contributed by atoms with van der Waals surface area (Å²) in [5, 5.41) is -0.0343. The molecule has 4 rings (SSSR count). The second kappa shape index (κ2) is 8.87. The van der Waals surface area contributed by atoms with Gasteiger partial charge in [0.25, 0.3) is 0 Å². The van der Waals surface area contributed by atoms with E-state index in [1.54, 1.807) is 24.3 Å². The highest BCUT2D eigenvalue weighted by molar-refractivity contribution is 5.97. The molecule has 0 spiro atoms. The molecule has 3 aromatic carbocycles. The predicted molar refractivity (Wildman–Crippen MR) is 111 cm³/mol. The van der Waals surface area contributed by atoms with Gasteiger partial charge in [-0.25, -0.2) is 9.18 Å². The van der Waals surface area contributed by atoms with Crippen LogP contribution >= 0.6 is 0 Å². The van der Waals surface area contributed by atoms with Crippen molar-refractivity contribution < 1.29 is 27.8 Å². The van der Waals surface area contributed by atoms with Crippen molar-refractivity contribution in [2.75, 3.05) is 7.11 Å². The van der Waals surface area contributed by atoms with E-state index in [0.29, 0.717) is 0 Å². The zero-order valence-electron chi connectivity index (χ0n) is 16.7. The van der Waals surface area contributed by atoms with Crippen LogP contribution < -0.4 is 9.47 Å². The summed E-state index contributed by atoms with van der Waals surface area (Å²) >= 11 is 0. The number of aromatic nitrogens is 1. The number of aromatic amines is 1. The molecule has 31 heavy (non-hydrogen) atoms. The Hall–Kier alpha value is -3.87. The molecule has 0 bridgehead atoms. The summed E-state index contributed by atoms with van der Waals surface area (Å²) in [6.07, 6.45) is 0. The predicted octanol–water partition coefficient (Wildman–Crippen LogP) is 5.39. The number of carbonyl (C=O) groups is 1. The third kappa shape index (κ3) is 4.21. The molecule has 0 radical (unpaired) electrons. The first-order valence-electron chi connectivity index (χ1n) is 9.54. The van der Waals surface area contributed by atoms with Gasteiger partial charge in [-0.15, -0.1) is 0 Å². The number of nitrogens with one attached hydrogen (secondary N) is 1. The van der Waals surface area contributed by atoms with Gasteiger partial charge in [0.1, 0.15) is 18.9 Å². The Morgan fingerprint density at radius 3 is 1.94 bits per heavy atom. The van der Waals surface area contributed by atoms with Crippen molar-refractivity contribution >= 4 is 16.9 Å². The number of ether oxygens (including phenoxy) is 3. The van der Waals surface area contributed by atoms with E-state index in [1.807, 2.05) is 36.4 Å². The molecule has 158 valence electrons. The van der Waals surface area contributed by atoms with Crippen LogP contribution in [-0.4, -0.2) is 18.1 Å². The van der Waals surface area contributed by atoms with Crippen molar-refractivity contribution in [3.63, 3.8) is 0 Å². The summed E-state index contributed by atoms with van der Waals surface area (Å²) in [6.45, 7) is 0.00971. The van der Waals surface area contributed by atoms with Gasteiger partial charge in [0.15, 0.2) is 17.3 Å². The minimum atomic E-state index is -0.991. The minimum Gasteiger partial charge on any atom is -0.483 e. The number of carbonyl (C=O) groups excluding carboxylic acids is 1. The summed E-state index contributed by atoms with van der Waals surface area (Å²) in [7, 11) is 1.20. The number of rotatable bonds is 7. The topological polar surface area (TPSA) is 60.6 Å². The first-order chi connectivity index (χ1) is 15.1. The second-order valence-corrected chi connectivity index (χ2v) is 6.80. The SMILES string of the molecule is COC(=O)c1cc2c(F)c(OCc3ccccc3)c(F)c(OCc3ccccc3)c2[nH]1. The van der Waals surface area contributed by atoms with E-state index in [2.05, 4.69) is 9.72 Å². The van der Waals surface area contributed by atoms with Crippen LogP contribution in [0.15, 0.2) is 66.7 Å². The van der Waals surface area contributed by atoms with Crippen molar-refractivity contribution in [1.29, 1.82) is 0 Å². The van der Waals surface area contributed by atoms with Gasteiger partial charge in [-0.05, 0) is 17.2 Å². The molecule has 0 saturated heterocycles. The van der Waals surface area contributed by atoms with Crippen LogP contribution in [0.2, 0.25) is 0 Å². The number of halogens is 2. The van der Waals surface area contributed by atoms with Crippen LogP contribution in [0.1, 0.15) is 21.6 Å². The number of hydrogen-bond donors (Lipinski definition) is 1. The van der Waals surface area contributed by atoms with Crippen molar-refractivity contribution in [2.45, 2.75) is 13.2 Å². The number of H-pyrrole nitrogens is 1. The van der Waals surface area contributed by atoms with E-state index in [-0.39, 0.29) is 35.6 Å². The Labute approximate surface area is 177 Å². The molecular formula is C24H19F2NO4. The molecule has 0 saturated carbocycles. The third-order valence-electron chi connectivity index (χ3n) is 4.74. The normalized spacial score (nSPS) is 10.8. The first kappa shape index (κ1) is 20.4. The van der Waals surface area contributed by atoms with Crippen molar-refractivity contribution in [2.24, 2.45) is 0 Å². The summed E-state index contributed by atoms with van der Waals surface area (Å²) < 4.78 is 46.4. The number of benzene rings is 3. The average molecular weight is 423 g/mol. The Kier molecular flexibility index (Phi) is 5.84. The first-order valence-corrected chi connectivity index (χ1v) is 9.54. The lowest BCUT2D eigenvalue weighted by molar-refractivity contribution is 0.0595. The smallest absolute Gasteiger partial charge is 0.354 e. The van der Waals surface area contributed by atoms with Crippen LogP contribution in [0.5, 0.6) is 11.5 Å². The standard InChI is InChI=1S/C24H19F2NO4/c1-29-24(28)18-12-17-19(25)22(30-13-15-8-4-2-5-9-15)20(26)23(21(17)27-18)31-14-16-10-6-3-7-11-16/h2-12,27H,13-14H2,1H3. The summed E-state index contributed by atoms with van der Waals surface area (Å²) in [5.74, 6) is -3.44. The fourth-order valence-electron chi connectivity index (χ4n) is 3.18. The van der Waals surface area contributed by atoms with Gasteiger partial charge < -0.3 is 19.2 Å². The van der Waals surface area contributed by atoms with Gasteiger partial charge in [-0.3, -0.25) is 0 Å². The maximum absolute atomic E-state index is 15.3. The van der Waals surface area contributed by atoms with Crippen LogP contribution in [-0.2, 0) is 18.0 Å². The lowest BCUT2D eigenvalue weighted by Gasteiger charge is -2.14. The van der Waals surface area contributed by atoms with Gasteiger partial charge >= 0.3 is 5.97 Å². The molecule has 0 fully saturated rings. The molecule has 1 N–H and O–H groups in total. The maximum atomic E-state index is 15.3. The maximum Gasteiger partial charge on any atom is 0.354 e. The highest BCUT2D eigenvalue weighted by atomic mass is 19.1. The zero-order valence-corrected chi connectivity index (χ0v) is 16.7. The van der Waals surface area contributed by atoms with E-state index >= 15 is 8.78 Å². The van der Waals surface area contributed by atoms with Crippen LogP contribution in [0.4, 0.5) is 8.78 Å². The number of hydrogen-bond acceptors (Lipinski definition) is 4. The molecule has 7 heteroatoms. The van der Waals surface area contributed by atoms with Gasteiger partial charge in [-0.2, -0.15) is 4.39 Å². The van der Waals surface area contributed by atoms with Crippen molar-refractivity contribution in [3.8, 4) is 11.5 Å². The summed E-state index contributed by atoms with van der Waals surface area (Å²) in [6, 6.07) is 19.4. The quantitative estimate of drug-likeness (QED) is 0.405. The highest BCUT2D eigenvalue weighted by Crippen LogP contribution is 2.39. The molecule has 0 aliphatic rings. The van der Waals surface area contributed by atoms with E-state index < -0.39 is 23.4 Å². The Morgan fingerprint density at radius 1 is 0.839 bits per heavy atom. The third-order valence-corrected chi connectivity index (χ3v) is 4.74. The average Bonchev–Trinajstić information content (AvgIpc) is 3.25. The molecule has 0 unspecified atom stereocenters. The zero-order chi connectivity index (χ0) is 21.8. The Bertz CT molecular complexity index is 1210. The largest absolute Gasteiger partial charge is 0.483 e.